The highest BCUT2D eigenvalue weighted by molar-refractivity contribution is 5.30. The quantitative estimate of drug-likeness (QED) is 0.832. The number of aryl methyl sites for hydroxylation is 2. The maximum absolute atomic E-state index is 6.03. The first kappa shape index (κ1) is 17.2. The molecule has 1 aliphatic heterocycles. The predicted molar refractivity (Wildman–Crippen MR) is 97.1 cm³/mol. The fourth-order valence-corrected chi connectivity index (χ4v) is 3.48. The van der Waals surface area contributed by atoms with E-state index in [0.29, 0.717) is 6.61 Å². The standard InChI is InChI=1S/C21H27NO2/c1-16-9-10-18(13-17(16)2)14-22-11-12-24-20(15-23-3)21(22)19-7-5-4-6-8-19/h4-10,13,20-21H,11-12,14-15H2,1-3H3/t20-,21-/m0/s1. The summed E-state index contributed by atoms with van der Waals surface area (Å²) in [4.78, 5) is 2.52. The summed E-state index contributed by atoms with van der Waals surface area (Å²) in [5.74, 6) is 0. The minimum atomic E-state index is 0.0673. The van der Waals surface area contributed by atoms with Gasteiger partial charge in [-0.3, -0.25) is 4.90 Å². The van der Waals surface area contributed by atoms with Gasteiger partial charge in [0, 0.05) is 20.2 Å². The molecule has 0 spiro atoms. The first-order chi connectivity index (χ1) is 11.7. The van der Waals surface area contributed by atoms with Gasteiger partial charge in [0.25, 0.3) is 0 Å². The molecule has 0 aromatic heterocycles. The second-order valence-corrected chi connectivity index (χ2v) is 6.61. The van der Waals surface area contributed by atoms with Crippen LogP contribution < -0.4 is 0 Å². The topological polar surface area (TPSA) is 21.7 Å². The monoisotopic (exact) mass is 325 g/mol. The van der Waals surface area contributed by atoms with Crippen LogP contribution in [-0.2, 0) is 16.0 Å². The number of methoxy groups -OCH3 is 1. The number of ether oxygens (including phenoxy) is 2. The van der Waals surface area contributed by atoms with Crippen LogP contribution in [0.2, 0.25) is 0 Å². The van der Waals surface area contributed by atoms with Crippen LogP contribution in [0.3, 0.4) is 0 Å². The van der Waals surface area contributed by atoms with Crippen molar-refractivity contribution in [3.63, 3.8) is 0 Å². The van der Waals surface area contributed by atoms with E-state index in [1.54, 1.807) is 7.11 Å². The number of hydrogen-bond donors (Lipinski definition) is 0. The van der Waals surface area contributed by atoms with E-state index in [4.69, 9.17) is 9.47 Å². The van der Waals surface area contributed by atoms with Crippen molar-refractivity contribution in [1.82, 2.24) is 4.90 Å². The van der Waals surface area contributed by atoms with Crippen LogP contribution in [0.1, 0.15) is 28.3 Å². The minimum Gasteiger partial charge on any atom is -0.382 e. The molecular weight excluding hydrogens is 298 g/mol. The molecule has 3 nitrogen and oxygen atoms in total. The molecule has 0 N–H and O–H groups in total. The molecule has 2 aromatic carbocycles. The molecule has 1 heterocycles. The van der Waals surface area contributed by atoms with E-state index in [9.17, 15) is 0 Å². The van der Waals surface area contributed by atoms with Crippen LogP contribution in [0.4, 0.5) is 0 Å². The zero-order valence-corrected chi connectivity index (χ0v) is 14.9. The first-order valence-corrected chi connectivity index (χ1v) is 8.64. The molecular formula is C21H27NO2. The fourth-order valence-electron chi connectivity index (χ4n) is 3.48. The Balaban J connectivity index is 1.86. The summed E-state index contributed by atoms with van der Waals surface area (Å²) in [6.45, 7) is 7.58. The molecule has 0 unspecified atom stereocenters. The summed E-state index contributed by atoms with van der Waals surface area (Å²) >= 11 is 0. The average Bonchev–Trinajstić information content (AvgIpc) is 2.59. The number of morpholine rings is 1. The maximum Gasteiger partial charge on any atom is 0.100 e. The Kier molecular flexibility index (Phi) is 5.67. The fraction of sp³-hybridized carbons (Fsp3) is 0.429. The van der Waals surface area contributed by atoms with Crippen molar-refractivity contribution in [2.45, 2.75) is 32.5 Å². The van der Waals surface area contributed by atoms with Crippen molar-refractivity contribution in [2.75, 3.05) is 26.9 Å². The normalized spacial score (nSPS) is 21.8. The molecule has 2 atom stereocenters. The molecule has 0 bridgehead atoms. The Morgan fingerprint density at radius 3 is 2.58 bits per heavy atom. The molecule has 0 aliphatic carbocycles. The molecule has 128 valence electrons. The summed E-state index contributed by atoms with van der Waals surface area (Å²) in [5, 5.41) is 0. The van der Waals surface area contributed by atoms with Gasteiger partial charge in [0.05, 0.1) is 19.3 Å². The van der Waals surface area contributed by atoms with Gasteiger partial charge in [0.1, 0.15) is 6.10 Å². The second-order valence-electron chi connectivity index (χ2n) is 6.61. The van der Waals surface area contributed by atoms with E-state index in [2.05, 4.69) is 67.3 Å². The zero-order valence-electron chi connectivity index (χ0n) is 14.9. The van der Waals surface area contributed by atoms with Gasteiger partial charge >= 0.3 is 0 Å². The van der Waals surface area contributed by atoms with Crippen LogP contribution in [0.15, 0.2) is 48.5 Å². The molecule has 24 heavy (non-hydrogen) atoms. The Labute approximate surface area is 145 Å². The number of rotatable bonds is 5. The summed E-state index contributed by atoms with van der Waals surface area (Å²) in [6, 6.07) is 17.6. The van der Waals surface area contributed by atoms with Crippen LogP contribution in [0.5, 0.6) is 0 Å². The molecule has 0 amide bonds. The Bertz CT molecular complexity index is 654. The lowest BCUT2D eigenvalue weighted by Crippen LogP contribution is -2.46. The molecule has 1 fully saturated rings. The highest BCUT2D eigenvalue weighted by Crippen LogP contribution is 2.31. The van der Waals surface area contributed by atoms with Gasteiger partial charge in [0.2, 0.25) is 0 Å². The second kappa shape index (κ2) is 7.93. The van der Waals surface area contributed by atoms with E-state index >= 15 is 0 Å². The van der Waals surface area contributed by atoms with E-state index < -0.39 is 0 Å². The Morgan fingerprint density at radius 2 is 1.88 bits per heavy atom. The van der Waals surface area contributed by atoms with Crippen LogP contribution in [-0.4, -0.2) is 37.9 Å². The Hall–Kier alpha value is -1.68. The lowest BCUT2D eigenvalue weighted by atomic mass is 9.97. The van der Waals surface area contributed by atoms with E-state index in [1.807, 2.05) is 0 Å². The number of nitrogens with zero attached hydrogens (tertiary/aromatic N) is 1. The van der Waals surface area contributed by atoms with Crippen LogP contribution in [0, 0.1) is 13.8 Å². The van der Waals surface area contributed by atoms with Crippen molar-refractivity contribution in [3.8, 4) is 0 Å². The zero-order chi connectivity index (χ0) is 16.9. The highest BCUT2D eigenvalue weighted by Gasteiger charge is 2.33. The van der Waals surface area contributed by atoms with Crippen LogP contribution in [0.25, 0.3) is 0 Å². The number of benzene rings is 2. The van der Waals surface area contributed by atoms with Gasteiger partial charge in [-0.05, 0) is 36.1 Å². The molecule has 3 rings (SSSR count). The SMILES string of the molecule is COC[C@@H]1OCCN(Cc2ccc(C)c(C)c2)[C@H]1c1ccccc1. The summed E-state index contributed by atoms with van der Waals surface area (Å²) in [5.41, 5.74) is 5.35. The Morgan fingerprint density at radius 1 is 1.08 bits per heavy atom. The van der Waals surface area contributed by atoms with Crippen molar-refractivity contribution in [1.29, 1.82) is 0 Å². The molecule has 1 saturated heterocycles. The van der Waals surface area contributed by atoms with Gasteiger partial charge in [-0.2, -0.15) is 0 Å². The third kappa shape index (κ3) is 3.86. The first-order valence-electron chi connectivity index (χ1n) is 8.64. The van der Waals surface area contributed by atoms with Gasteiger partial charge < -0.3 is 9.47 Å². The lowest BCUT2D eigenvalue weighted by Gasteiger charge is -2.41. The highest BCUT2D eigenvalue weighted by atomic mass is 16.5. The van der Waals surface area contributed by atoms with E-state index in [0.717, 1.165) is 19.7 Å². The van der Waals surface area contributed by atoms with Crippen molar-refractivity contribution in [2.24, 2.45) is 0 Å². The summed E-state index contributed by atoms with van der Waals surface area (Å²) in [6.07, 6.45) is 0.0673. The maximum atomic E-state index is 6.03. The van der Waals surface area contributed by atoms with Gasteiger partial charge in [-0.1, -0.05) is 48.5 Å². The third-order valence-corrected chi connectivity index (χ3v) is 4.88. The molecule has 0 saturated carbocycles. The summed E-state index contributed by atoms with van der Waals surface area (Å²) in [7, 11) is 1.74. The van der Waals surface area contributed by atoms with Gasteiger partial charge in [-0.15, -0.1) is 0 Å². The summed E-state index contributed by atoms with van der Waals surface area (Å²) < 4.78 is 11.4. The molecule has 0 radical (unpaired) electrons. The van der Waals surface area contributed by atoms with E-state index in [-0.39, 0.29) is 12.1 Å². The van der Waals surface area contributed by atoms with Crippen molar-refractivity contribution in [3.05, 3.63) is 70.8 Å². The third-order valence-electron chi connectivity index (χ3n) is 4.88. The predicted octanol–water partition coefficient (Wildman–Crippen LogP) is 3.89. The van der Waals surface area contributed by atoms with E-state index in [1.165, 1.54) is 22.3 Å². The van der Waals surface area contributed by atoms with Gasteiger partial charge in [0.15, 0.2) is 0 Å². The average molecular weight is 325 g/mol. The van der Waals surface area contributed by atoms with Crippen molar-refractivity contribution < 1.29 is 9.47 Å². The van der Waals surface area contributed by atoms with Gasteiger partial charge in [-0.25, -0.2) is 0 Å². The number of hydrogen-bond acceptors (Lipinski definition) is 3. The molecule has 3 heteroatoms. The van der Waals surface area contributed by atoms with Crippen LogP contribution >= 0.6 is 0 Å². The minimum absolute atomic E-state index is 0.0673. The molecule has 2 aromatic rings. The lowest BCUT2D eigenvalue weighted by molar-refractivity contribution is -0.102. The largest absolute Gasteiger partial charge is 0.382 e. The molecule has 1 aliphatic rings. The van der Waals surface area contributed by atoms with Crippen molar-refractivity contribution >= 4 is 0 Å². The smallest absolute Gasteiger partial charge is 0.100 e.